The Bertz CT molecular complexity index is 790. The molecule has 0 saturated heterocycles. The number of aromatic nitrogens is 2. The van der Waals surface area contributed by atoms with Crippen molar-refractivity contribution in [2.75, 3.05) is 5.73 Å². The third-order valence-electron chi connectivity index (χ3n) is 3.47. The fourth-order valence-corrected chi connectivity index (χ4v) is 2.79. The van der Waals surface area contributed by atoms with Crippen LogP contribution in [0.4, 0.5) is 5.69 Å². The highest BCUT2D eigenvalue weighted by molar-refractivity contribution is 6.33. The Labute approximate surface area is 129 Å². The number of benzene rings is 2. The van der Waals surface area contributed by atoms with Gasteiger partial charge in [0.1, 0.15) is 11.3 Å². The van der Waals surface area contributed by atoms with Crippen LogP contribution in [0.25, 0.3) is 22.4 Å². The van der Waals surface area contributed by atoms with E-state index in [-0.39, 0.29) is 0 Å². The molecule has 1 aromatic heterocycles. The highest BCUT2D eigenvalue weighted by atomic mass is 35.5. The number of fused-ring (bicyclic) bond motifs is 1. The van der Waals surface area contributed by atoms with Crippen LogP contribution >= 0.6 is 11.6 Å². The molecule has 0 unspecified atom stereocenters. The monoisotopic (exact) mass is 299 g/mol. The molecule has 0 fully saturated rings. The molecule has 0 bridgehead atoms. The van der Waals surface area contributed by atoms with E-state index < -0.39 is 0 Å². The molecule has 0 atom stereocenters. The van der Waals surface area contributed by atoms with E-state index in [9.17, 15) is 0 Å². The van der Waals surface area contributed by atoms with Crippen LogP contribution in [0.3, 0.4) is 0 Å². The maximum atomic E-state index is 6.35. The fourth-order valence-electron chi connectivity index (χ4n) is 2.57. The molecule has 0 radical (unpaired) electrons. The molecular weight excluding hydrogens is 282 g/mol. The molecule has 0 aliphatic heterocycles. The van der Waals surface area contributed by atoms with Gasteiger partial charge in [-0.15, -0.1) is 0 Å². The number of nitrogen functional groups attached to an aromatic ring is 1. The largest absolute Gasteiger partial charge is 0.397 e. The highest BCUT2D eigenvalue weighted by Gasteiger charge is 2.16. The lowest BCUT2D eigenvalue weighted by molar-refractivity contribution is 0.536. The number of nitrogens with zero attached hydrogens (tertiary/aromatic N) is 2. The van der Waals surface area contributed by atoms with Crippen LogP contribution in [-0.2, 0) is 6.54 Å². The Kier molecular flexibility index (Phi) is 3.60. The van der Waals surface area contributed by atoms with E-state index in [0.29, 0.717) is 16.6 Å². The average Bonchev–Trinajstić information content (AvgIpc) is 2.79. The van der Waals surface area contributed by atoms with Crippen LogP contribution in [0, 0.1) is 5.92 Å². The van der Waals surface area contributed by atoms with E-state index in [1.807, 2.05) is 36.4 Å². The number of para-hydroxylation sites is 1. The van der Waals surface area contributed by atoms with E-state index in [4.69, 9.17) is 22.3 Å². The SMILES string of the molecule is CC(C)Cn1c(-c2ccccc2Cl)nc2c(N)cccc21. The molecule has 0 aliphatic rings. The van der Waals surface area contributed by atoms with E-state index in [2.05, 4.69) is 24.5 Å². The molecule has 0 spiro atoms. The minimum Gasteiger partial charge on any atom is -0.397 e. The number of halogens is 1. The summed E-state index contributed by atoms with van der Waals surface area (Å²) in [7, 11) is 0. The van der Waals surface area contributed by atoms with Gasteiger partial charge in [0.2, 0.25) is 0 Å². The summed E-state index contributed by atoms with van der Waals surface area (Å²) in [6.07, 6.45) is 0. The minimum absolute atomic E-state index is 0.505. The third-order valence-corrected chi connectivity index (χ3v) is 3.80. The van der Waals surface area contributed by atoms with Gasteiger partial charge in [0.05, 0.1) is 16.2 Å². The molecule has 4 heteroatoms. The Balaban J connectivity index is 2.31. The lowest BCUT2D eigenvalue weighted by Crippen LogP contribution is -2.06. The first-order chi connectivity index (χ1) is 10.1. The molecule has 2 N–H and O–H groups in total. The van der Waals surface area contributed by atoms with Crippen LogP contribution in [0.1, 0.15) is 13.8 Å². The zero-order chi connectivity index (χ0) is 15.0. The lowest BCUT2D eigenvalue weighted by Gasteiger charge is -2.12. The molecule has 3 rings (SSSR count). The predicted molar refractivity (Wildman–Crippen MR) is 89.4 cm³/mol. The van der Waals surface area contributed by atoms with Gasteiger partial charge >= 0.3 is 0 Å². The smallest absolute Gasteiger partial charge is 0.142 e. The van der Waals surface area contributed by atoms with Gasteiger partial charge in [-0.25, -0.2) is 4.98 Å². The van der Waals surface area contributed by atoms with E-state index in [1.54, 1.807) is 0 Å². The summed E-state index contributed by atoms with van der Waals surface area (Å²) >= 11 is 6.35. The number of rotatable bonds is 3. The summed E-state index contributed by atoms with van der Waals surface area (Å²) < 4.78 is 2.21. The standard InChI is InChI=1S/C17H18ClN3/c1-11(2)10-21-15-9-5-8-14(19)16(15)20-17(21)12-6-3-4-7-13(12)18/h3-9,11H,10,19H2,1-2H3. The van der Waals surface area contributed by atoms with Crippen molar-refractivity contribution < 1.29 is 0 Å². The molecule has 3 aromatic rings. The van der Waals surface area contributed by atoms with E-state index in [0.717, 1.165) is 29.0 Å². The number of hydrogen-bond donors (Lipinski definition) is 1. The number of anilines is 1. The van der Waals surface area contributed by atoms with Crippen molar-refractivity contribution in [1.82, 2.24) is 9.55 Å². The van der Waals surface area contributed by atoms with Gasteiger partial charge < -0.3 is 10.3 Å². The molecule has 3 nitrogen and oxygen atoms in total. The minimum atomic E-state index is 0.505. The highest BCUT2D eigenvalue weighted by Crippen LogP contribution is 2.32. The normalized spacial score (nSPS) is 11.4. The van der Waals surface area contributed by atoms with Crippen molar-refractivity contribution in [2.24, 2.45) is 5.92 Å². The summed E-state index contributed by atoms with van der Waals surface area (Å²) in [5.41, 5.74) is 9.61. The second-order valence-corrected chi connectivity index (χ2v) is 6.04. The summed E-state index contributed by atoms with van der Waals surface area (Å²) in [6.45, 7) is 5.25. The van der Waals surface area contributed by atoms with Gasteiger partial charge in [0, 0.05) is 12.1 Å². The zero-order valence-electron chi connectivity index (χ0n) is 12.2. The molecule has 0 amide bonds. The topological polar surface area (TPSA) is 43.8 Å². The van der Waals surface area contributed by atoms with Crippen LogP contribution < -0.4 is 5.73 Å². The van der Waals surface area contributed by atoms with Crippen molar-refractivity contribution in [3.63, 3.8) is 0 Å². The first-order valence-electron chi connectivity index (χ1n) is 7.07. The molecule has 0 saturated carbocycles. The Morgan fingerprint density at radius 3 is 2.62 bits per heavy atom. The number of nitrogens with two attached hydrogens (primary N) is 1. The quantitative estimate of drug-likeness (QED) is 0.719. The summed E-state index contributed by atoms with van der Waals surface area (Å²) in [5.74, 6) is 1.38. The average molecular weight is 300 g/mol. The fraction of sp³-hybridized carbons (Fsp3) is 0.235. The van der Waals surface area contributed by atoms with Crippen molar-refractivity contribution in [3.05, 3.63) is 47.5 Å². The van der Waals surface area contributed by atoms with Gasteiger partial charge in [-0.3, -0.25) is 0 Å². The summed E-state index contributed by atoms with van der Waals surface area (Å²) in [6, 6.07) is 13.7. The Morgan fingerprint density at radius 2 is 1.90 bits per heavy atom. The summed E-state index contributed by atoms with van der Waals surface area (Å²) in [4.78, 5) is 4.75. The van der Waals surface area contributed by atoms with Crippen LogP contribution in [-0.4, -0.2) is 9.55 Å². The van der Waals surface area contributed by atoms with Gasteiger partial charge in [-0.1, -0.05) is 43.6 Å². The van der Waals surface area contributed by atoms with Gasteiger partial charge in [0.15, 0.2) is 0 Å². The second kappa shape index (κ2) is 5.41. The molecule has 21 heavy (non-hydrogen) atoms. The molecular formula is C17H18ClN3. The van der Waals surface area contributed by atoms with E-state index in [1.165, 1.54) is 0 Å². The van der Waals surface area contributed by atoms with Crippen LogP contribution in [0.5, 0.6) is 0 Å². The van der Waals surface area contributed by atoms with E-state index >= 15 is 0 Å². The number of hydrogen-bond acceptors (Lipinski definition) is 2. The molecule has 108 valence electrons. The van der Waals surface area contributed by atoms with Gasteiger partial charge in [-0.2, -0.15) is 0 Å². The van der Waals surface area contributed by atoms with Crippen LogP contribution in [0.15, 0.2) is 42.5 Å². The van der Waals surface area contributed by atoms with Crippen molar-refractivity contribution in [2.45, 2.75) is 20.4 Å². The predicted octanol–water partition coefficient (Wildman–Crippen LogP) is 4.59. The third kappa shape index (κ3) is 2.49. The molecule has 0 aliphatic carbocycles. The van der Waals surface area contributed by atoms with Crippen molar-refractivity contribution in [1.29, 1.82) is 0 Å². The first-order valence-corrected chi connectivity index (χ1v) is 7.45. The van der Waals surface area contributed by atoms with Gasteiger partial charge in [-0.05, 0) is 30.2 Å². The Hall–Kier alpha value is -2.00. The summed E-state index contributed by atoms with van der Waals surface area (Å²) in [5, 5.41) is 0.705. The zero-order valence-corrected chi connectivity index (χ0v) is 12.9. The Morgan fingerprint density at radius 1 is 1.14 bits per heavy atom. The van der Waals surface area contributed by atoms with Crippen molar-refractivity contribution in [3.8, 4) is 11.4 Å². The number of imidazole rings is 1. The molecule has 2 aromatic carbocycles. The lowest BCUT2D eigenvalue weighted by atomic mass is 10.2. The van der Waals surface area contributed by atoms with Crippen molar-refractivity contribution >= 4 is 28.3 Å². The first kappa shape index (κ1) is 14.0. The van der Waals surface area contributed by atoms with Gasteiger partial charge in [0.25, 0.3) is 0 Å². The maximum absolute atomic E-state index is 6.35. The second-order valence-electron chi connectivity index (χ2n) is 5.63. The molecule has 1 heterocycles. The maximum Gasteiger partial charge on any atom is 0.142 e. The van der Waals surface area contributed by atoms with Crippen LogP contribution in [0.2, 0.25) is 5.02 Å².